The normalized spacial score (nSPS) is 10.9. The molecule has 0 aliphatic rings. The molecule has 1 amide bonds. The minimum Gasteiger partial charge on any atom is -0.354 e. The molecule has 0 unspecified atom stereocenters. The molecule has 0 atom stereocenters. The maximum atomic E-state index is 12.3. The lowest BCUT2D eigenvalue weighted by Crippen LogP contribution is -2.33. The Morgan fingerprint density at radius 3 is 3.00 bits per heavy atom. The highest BCUT2D eigenvalue weighted by atomic mass is 35.5. The van der Waals surface area contributed by atoms with Crippen molar-refractivity contribution in [2.24, 2.45) is 7.05 Å². The number of aryl methyl sites for hydroxylation is 1. The van der Waals surface area contributed by atoms with Crippen LogP contribution in [0.25, 0.3) is 11.0 Å². The predicted octanol–water partition coefficient (Wildman–Crippen LogP) is 1.14. The van der Waals surface area contributed by atoms with E-state index in [1.54, 1.807) is 13.1 Å². The van der Waals surface area contributed by atoms with Crippen molar-refractivity contribution >= 4 is 28.5 Å². The van der Waals surface area contributed by atoms with Gasteiger partial charge in [-0.2, -0.15) is 5.10 Å². The van der Waals surface area contributed by atoms with Gasteiger partial charge in [-0.15, -0.1) is 0 Å². The minimum atomic E-state index is -0.280. The summed E-state index contributed by atoms with van der Waals surface area (Å²) in [4.78, 5) is 28.5. The number of halogens is 1. The van der Waals surface area contributed by atoms with Crippen LogP contribution in [-0.4, -0.2) is 31.8 Å². The Morgan fingerprint density at radius 1 is 1.38 bits per heavy atom. The van der Waals surface area contributed by atoms with E-state index >= 15 is 0 Å². The van der Waals surface area contributed by atoms with E-state index in [1.807, 2.05) is 18.2 Å². The number of nitrogens with one attached hydrogen (secondary N) is 1. The first-order valence-electron chi connectivity index (χ1n) is 7.43. The highest BCUT2D eigenvalue weighted by Crippen LogP contribution is 2.10. The third-order valence-electron chi connectivity index (χ3n) is 3.66. The predicted molar refractivity (Wildman–Crippen MR) is 90.9 cm³/mol. The molecule has 0 radical (unpaired) electrons. The summed E-state index contributed by atoms with van der Waals surface area (Å²) in [5, 5.41) is 7.85. The van der Waals surface area contributed by atoms with Gasteiger partial charge in [0.25, 0.3) is 5.56 Å². The molecule has 0 fully saturated rings. The SMILES string of the molecule is Cn1ncc2c(=O)n(CC(=O)NCCc3cccc(Cl)c3)cnc21. The number of hydrogen-bond acceptors (Lipinski definition) is 4. The molecule has 0 saturated carbocycles. The first-order chi connectivity index (χ1) is 11.5. The Morgan fingerprint density at radius 2 is 2.21 bits per heavy atom. The Hall–Kier alpha value is -2.67. The third-order valence-corrected chi connectivity index (χ3v) is 3.89. The molecular weight excluding hydrogens is 330 g/mol. The van der Waals surface area contributed by atoms with Gasteiger partial charge >= 0.3 is 0 Å². The van der Waals surface area contributed by atoms with Crippen LogP contribution in [-0.2, 0) is 24.8 Å². The van der Waals surface area contributed by atoms with Gasteiger partial charge in [-0.05, 0) is 24.1 Å². The molecule has 8 heteroatoms. The van der Waals surface area contributed by atoms with Crippen molar-refractivity contribution in [1.82, 2.24) is 24.6 Å². The second-order valence-corrected chi connectivity index (χ2v) is 5.85. The van der Waals surface area contributed by atoms with Gasteiger partial charge in [0.2, 0.25) is 5.91 Å². The van der Waals surface area contributed by atoms with E-state index in [-0.39, 0.29) is 18.0 Å². The van der Waals surface area contributed by atoms with Crippen LogP contribution in [0.15, 0.2) is 41.6 Å². The number of carbonyl (C=O) groups is 1. The first kappa shape index (κ1) is 16.2. The molecule has 1 N–H and O–H groups in total. The van der Waals surface area contributed by atoms with Crippen LogP contribution < -0.4 is 10.9 Å². The third kappa shape index (κ3) is 3.46. The highest BCUT2D eigenvalue weighted by molar-refractivity contribution is 6.30. The molecule has 124 valence electrons. The standard InChI is InChI=1S/C16H16ClN5O2/c1-21-15-13(8-20-21)16(24)22(10-19-15)9-14(23)18-6-5-11-3-2-4-12(17)7-11/h2-4,7-8,10H,5-6,9H2,1H3,(H,18,23). The van der Waals surface area contributed by atoms with Crippen molar-refractivity contribution in [3.63, 3.8) is 0 Å². The number of rotatable bonds is 5. The van der Waals surface area contributed by atoms with Crippen molar-refractivity contribution in [3.05, 3.63) is 57.7 Å². The van der Waals surface area contributed by atoms with E-state index in [1.165, 1.54) is 21.8 Å². The summed E-state index contributed by atoms with van der Waals surface area (Å²) >= 11 is 5.92. The molecule has 2 heterocycles. The quantitative estimate of drug-likeness (QED) is 0.752. The molecule has 0 aliphatic heterocycles. The maximum absolute atomic E-state index is 12.3. The van der Waals surface area contributed by atoms with Crippen LogP contribution in [0.5, 0.6) is 0 Å². The van der Waals surface area contributed by atoms with Crippen LogP contribution in [0.1, 0.15) is 5.56 Å². The zero-order valence-electron chi connectivity index (χ0n) is 13.1. The topological polar surface area (TPSA) is 81.8 Å². The average Bonchev–Trinajstić information content (AvgIpc) is 2.92. The Labute approximate surface area is 142 Å². The van der Waals surface area contributed by atoms with E-state index in [0.29, 0.717) is 29.0 Å². The molecule has 0 spiro atoms. The second-order valence-electron chi connectivity index (χ2n) is 5.41. The smallest absolute Gasteiger partial charge is 0.264 e. The van der Waals surface area contributed by atoms with Crippen molar-refractivity contribution < 1.29 is 4.79 Å². The Bertz CT molecular complexity index is 947. The Balaban J connectivity index is 1.61. The van der Waals surface area contributed by atoms with Gasteiger partial charge in [-0.25, -0.2) is 4.98 Å². The first-order valence-corrected chi connectivity index (χ1v) is 7.80. The summed E-state index contributed by atoms with van der Waals surface area (Å²) in [5.74, 6) is -0.246. The largest absolute Gasteiger partial charge is 0.354 e. The van der Waals surface area contributed by atoms with Gasteiger partial charge in [0, 0.05) is 18.6 Å². The number of benzene rings is 1. The molecule has 3 aromatic rings. The molecule has 2 aromatic heterocycles. The number of hydrogen-bond donors (Lipinski definition) is 1. The molecule has 0 saturated heterocycles. The van der Waals surface area contributed by atoms with Crippen LogP contribution in [0.2, 0.25) is 5.02 Å². The zero-order chi connectivity index (χ0) is 17.1. The van der Waals surface area contributed by atoms with Crippen LogP contribution in [0.3, 0.4) is 0 Å². The monoisotopic (exact) mass is 345 g/mol. The van der Waals surface area contributed by atoms with Crippen LogP contribution in [0, 0.1) is 0 Å². The fourth-order valence-electron chi connectivity index (χ4n) is 2.43. The fourth-order valence-corrected chi connectivity index (χ4v) is 2.64. The number of amides is 1. The average molecular weight is 346 g/mol. The van der Waals surface area contributed by atoms with Gasteiger partial charge in [0.1, 0.15) is 18.3 Å². The highest BCUT2D eigenvalue weighted by Gasteiger charge is 2.10. The van der Waals surface area contributed by atoms with E-state index in [4.69, 9.17) is 11.6 Å². The Kier molecular flexibility index (Phi) is 4.61. The molecule has 7 nitrogen and oxygen atoms in total. The number of aromatic nitrogens is 4. The van der Waals surface area contributed by atoms with Crippen molar-refractivity contribution in [2.45, 2.75) is 13.0 Å². The molecular formula is C16H16ClN5O2. The number of fused-ring (bicyclic) bond motifs is 1. The maximum Gasteiger partial charge on any atom is 0.264 e. The summed E-state index contributed by atoms with van der Waals surface area (Å²) < 4.78 is 2.80. The zero-order valence-corrected chi connectivity index (χ0v) is 13.8. The summed E-state index contributed by atoms with van der Waals surface area (Å²) in [6.45, 7) is 0.392. The number of nitrogens with zero attached hydrogens (tertiary/aromatic N) is 4. The lowest BCUT2D eigenvalue weighted by atomic mass is 10.1. The molecule has 1 aromatic carbocycles. The van der Waals surface area contributed by atoms with E-state index in [9.17, 15) is 9.59 Å². The fraction of sp³-hybridized carbons (Fsp3) is 0.250. The van der Waals surface area contributed by atoms with E-state index in [2.05, 4.69) is 15.4 Å². The summed E-state index contributed by atoms with van der Waals surface area (Å²) in [6.07, 6.45) is 3.49. The number of carbonyl (C=O) groups excluding carboxylic acids is 1. The molecule has 0 aliphatic carbocycles. The van der Waals surface area contributed by atoms with E-state index < -0.39 is 0 Å². The summed E-state index contributed by atoms with van der Waals surface area (Å²) in [7, 11) is 1.71. The summed E-state index contributed by atoms with van der Waals surface area (Å²) in [6, 6.07) is 7.48. The van der Waals surface area contributed by atoms with Crippen molar-refractivity contribution in [3.8, 4) is 0 Å². The van der Waals surface area contributed by atoms with Crippen LogP contribution >= 0.6 is 11.6 Å². The van der Waals surface area contributed by atoms with Gasteiger partial charge in [0.15, 0.2) is 5.65 Å². The molecule has 3 rings (SSSR count). The molecule has 0 bridgehead atoms. The van der Waals surface area contributed by atoms with Gasteiger partial charge in [-0.3, -0.25) is 18.8 Å². The van der Waals surface area contributed by atoms with Gasteiger partial charge < -0.3 is 5.32 Å². The van der Waals surface area contributed by atoms with Gasteiger partial charge in [0.05, 0.1) is 6.20 Å². The van der Waals surface area contributed by atoms with Gasteiger partial charge in [-0.1, -0.05) is 23.7 Å². The lowest BCUT2D eigenvalue weighted by molar-refractivity contribution is -0.121. The van der Waals surface area contributed by atoms with E-state index in [0.717, 1.165) is 5.56 Å². The minimum absolute atomic E-state index is 0.0772. The summed E-state index contributed by atoms with van der Waals surface area (Å²) in [5.41, 5.74) is 1.26. The van der Waals surface area contributed by atoms with Crippen molar-refractivity contribution in [2.75, 3.05) is 6.54 Å². The molecule has 24 heavy (non-hydrogen) atoms. The second kappa shape index (κ2) is 6.84. The van der Waals surface area contributed by atoms with Crippen molar-refractivity contribution in [1.29, 1.82) is 0 Å². The van der Waals surface area contributed by atoms with Crippen LogP contribution in [0.4, 0.5) is 0 Å². The lowest BCUT2D eigenvalue weighted by Gasteiger charge is -2.07.